The predicted octanol–water partition coefficient (Wildman–Crippen LogP) is 7.16. The van der Waals surface area contributed by atoms with E-state index in [1.165, 1.54) is 59.4 Å². The number of aromatic hydroxyl groups is 3. The summed E-state index contributed by atoms with van der Waals surface area (Å²) in [6, 6.07) is 8.05. The lowest BCUT2D eigenvalue weighted by atomic mass is 9.78. The SMILES string of the molecule is CC(C)Cn1cnc2c(N)nc3ccccc3c21.COC1/C=C/O[C@@]2(C)Oc3c(C)c(O)c4c(O)c(c(/C=N/N5CCN(C)CC5)c(O)c4c3C2=O)NC(=O)/C(C)=C/C=C/[C@H](C)[C@H](O)[C@@H](C)[C@@H](O)C(C)[C@H](OC(C)=O)[C@H]1C. The first kappa shape index (κ1) is 57.4. The molecule has 9 rings (SSSR count). The Bertz CT molecular complexity index is 3160. The third-order valence-corrected chi connectivity index (χ3v) is 14.9. The van der Waals surface area contributed by atoms with Gasteiger partial charge in [0, 0.05) is 99.3 Å². The van der Waals surface area contributed by atoms with Crippen LogP contribution >= 0.6 is 0 Å². The highest BCUT2D eigenvalue weighted by Crippen LogP contribution is 2.55. The van der Waals surface area contributed by atoms with Gasteiger partial charge in [0.05, 0.1) is 70.3 Å². The highest BCUT2D eigenvalue weighted by molar-refractivity contribution is 6.24. The van der Waals surface area contributed by atoms with Crippen molar-refractivity contribution in [1.82, 2.24) is 24.4 Å². The first-order valence-electron chi connectivity index (χ1n) is 25.9. The summed E-state index contributed by atoms with van der Waals surface area (Å²) in [5.41, 5.74) is 8.44. The predicted molar refractivity (Wildman–Crippen MR) is 295 cm³/mol. The second kappa shape index (κ2) is 23.5. The van der Waals surface area contributed by atoms with E-state index < -0.39 is 88.8 Å². The van der Waals surface area contributed by atoms with E-state index in [-0.39, 0.29) is 44.5 Å². The van der Waals surface area contributed by atoms with Gasteiger partial charge in [-0.2, -0.15) is 5.10 Å². The van der Waals surface area contributed by atoms with Crippen molar-refractivity contribution in [3.8, 4) is 23.0 Å². The number of anilines is 2. The number of para-hydroxylation sites is 1. The van der Waals surface area contributed by atoms with Crippen LogP contribution in [0.1, 0.15) is 83.8 Å². The number of aromatic nitrogens is 3. The number of hydrazone groups is 1. The van der Waals surface area contributed by atoms with E-state index in [1.54, 1.807) is 44.9 Å². The molecular formula is C57H74N8O12. The number of allylic oxidation sites excluding steroid dienone is 2. The quantitative estimate of drug-likeness (QED) is 0.0384. The van der Waals surface area contributed by atoms with Crippen LogP contribution in [0.3, 0.4) is 0 Å². The summed E-state index contributed by atoms with van der Waals surface area (Å²) < 4.78 is 25.8. The summed E-state index contributed by atoms with van der Waals surface area (Å²) in [7, 11) is 3.42. The number of esters is 1. The van der Waals surface area contributed by atoms with Crippen LogP contribution in [0.2, 0.25) is 0 Å². The third-order valence-electron chi connectivity index (χ3n) is 14.9. The number of ketones is 1. The Morgan fingerprint density at radius 1 is 0.974 bits per heavy atom. The van der Waals surface area contributed by atoms with Crippen LogP contribution in [0.15, 0.2) is 71.8 Å². The second-order valence-corrected chi connectivity index (χ2v) is 21.1. The summed E-state index contributed by atoms with van der Waals surface area (Å²) in [5.74, 6) is -7.27. The Hall–Kier alpha value is -7.26. The number of rotatable bonds is 6. The van der Waals surface area contributed by atoms with Crippen molar-refractivity contribution in [3.05, 3.63) is 83.4 Å². The van der Waals surface area contributed by atoms with E-state index in [4.69, 9.17) is 24.7 Å². The summed E-state index contributed by atoms with van der Waals surface area (Å²) in [6.07, 6.45) is 6.72. The van der Waals surface area contributed by atoms with Crippen LogP contribution in [-0.4, -0.2) is 144 Å². The number of nitrogens with zero attached hydrogens (tertiary/aromatic N) is 6. The number of piperazine rings is 1. The minimum atomic E-state index is -2.04. The van der Waals surface area contributed by atoms with Crippen LogP contribution in [0.25, 0.3) is 32.7 Å². The molecule has 20 nitrogen and oxygen atoms in total. The lowest BCUT2D eigenvalue weighted by Gasteiger charge is -2.38. The summed E-state index contributed by atoms with van der Waals surface area (Å²) >= 11 is 0. The maximum atomic E-state index is 14.4. The lowest BCUT2D eigenvalue weighted by Crippen LogP contribution is -2.46. The van der Waals surface area contributed by atoms with Crippen molar-refractivity contribution in [2.75, 3.05) is 51.4 Å². The topological polar surface area (TPSA) is 277 Å². The van der Waals surface area contributed by atoms with Crippen molar-refractivity contribution in [1.29, 1.82) is 0 Å². The normalized spacial score (nSPS) is 27.3. The molecule has 0 radical (unpaired) electrons. The summed E-state index contributed by atoms with van der Waals surface area (Å²) in [5, 5.41) is 68.0. The first-order chi connectivity index (χ1) is 36.4. The van der Waals surface area contributed by atoms with Gasteiger partial charge in [-0.15, -0.1) is 0 Å². The van der Waals surface area contributed by atoms with Gasteiger partial charge in [-0.25, -0.2) is 9.97 Å². The number of hydrogen-bond acceptors (Lipinski definition) is 18. The molecule has 77 heavy (non-hydrogen) atoms. The fourth-order valence-corrected chi connectivity index (χ4v) is 10.3. The van der Waals surface area contributed by atoms with Crippen molar-refractivity contribution in [2.45, 2.75) is 106 Å². The third kappa shape index (κ3) is 11.7. The number of pyridine rings is 1. The molecule has 1 saturated heterocycles. The van der Waals surface area contributed by atoms with E-state index in [0.29, 0.717) is 24.8 Å². The first-order valence-corrected chi connectivity index (χ1v) is 25.9. The number of carbonyl (C=O) groups is 3. The van der Waals surface area contributed by atoms with Gasteiger partial charge in [-0.05, 0) is 39.0 Å². The number of phenols is 3. The molecule has 4 aliphatic heterocycles. The second-order valence-electron chi connectivity index (χ2n) is 21.1. The molecule has 414 valence electrons. The Kier molecular flexibility index (Phi) is 17.6. The molecule has 6 heterocycles. The maximum absolute atomic E-state index is 14.4. The summed E-state index contributed by atoms with van der Waals surface area (Å²) in [4.78, 5) is 51.4. The van der Waals surface area contributed by atoms with Crippen LogP contribution < -0.4 is 15.8 Å². The monoisotopic (exact) mass is 1060 g/mol. The van der Waals surface area contributed by atoms with Crippen molar-refractivity contribution in [2.24, 2.45) is 34.7 Å². The van der Waals surface area contributed by atoms with Gasteiger partial charge in [-0.1, -0.05) is 78.0 Å². The fourth-order valence-electron chi connectivity index (χ4n) is 10.3. The highest BCUT2D eigenvalue weighted by Gasteiger charge is 2.50. The number of phenolic OH excluding ortho intramolecular Hbond substituents is 3. The molecule has 2 unspecified atom stereocenters. The minimum absolute atomic E-state index is 0.0559. The zero-order chi connectivity index (χ0) is 56.4. The molecular weight excluding hydrogens is 989 g/mol. The zero-order valence-electron chi connectivity index (χ0n) is 45.9. The maximum Gasteiger partial charge on any atom is 0.312 e. The number of benzene rings is 3. The van der Waals surface area contributed by atoms with E-state index in [1.807, 2.05) is 31.6 Å². The summed E-state index contributed by atoms with van der Waals surface area (Å²) in [6.45, 7) is 20.4. The van der Waals surface area contributed by atoms with Crippen molar-refractivity contribution >= 4 is 68.1 Å². The molecule has 0 aliphatic carbocycles. The largest absolute Gasteiger partial charge is 0.507 e. The number of nitrogens with one attached hydrogen (secondary N) is 1. The van der Waals surface area contributed by atoms with Gasteiger partial charge in [0.15, 0.2) is 11.6 Å². The molecule has 0 saturated carbocycles. The number of amides is 1. The van der Waals surface area contributed by atoms with Crippen molar-refractivity contribution < 1.29 is 58.9 Å². The van der Waals surface area contributed by atoms with Gasteiger partial charge in [0.1, 0.15) is 28.9 Å². The molecule has 1 fully saturated rings. The molecule has 0 spiro atoms. The number of carbonyl (C=O) groups excluding carboxylic acids is 3. The number of aliphatic hydroxyl groups excluding tert-OH is 2. The Morgan fingerprint density at radius 2 is 1.66 bits per heavy atom. The molecule has 5 aromatic rings. The van der Waals surface area contributed by atoms with Gasteiger partial charge < -0.3 is 65.0 Å². The highest BCUT2D eigenvalue weighted by atomic mass is 16.7. The zero-order valence-corrected chi connectivity index (χ0v) is 45.9. The number of nitrogen functional groups attached to an aromatic ring is 1. The number of Topliss-reactive ketones (excluding diaryl/α,β-unsaturated/α-hetero) is 1. The molecule has 1 amide bonds. The van der Waals surface area contributed by atoms with E-state index >= 15 is 0 Å². The van der Waals surface area contributed by atoms with E-state index in [2.05, 4.69) is 49.8 Å². The number of fused-ring (bicyclic) bond motifs is 17. The number of imidazole rings is 1. The van der Waals surface area contributed by atoms with E-state index in [0.717, 1.165) is 41.6 Å². The average molecular weight is 1060 g/mol. The molecule has 5 bridgehead atoms. The smallest absolute Gasteiger partial charge is 0.312 e. The van der Waals surface area contributed by atoms with Gasteiger partial charge in [0.2, 0.25) is 0 Å². The Labute approximate surface area is 448 Å². The number of aliphatic hydroxyl groups is 2. The molecule has 4 aliphatic rings. The Morgan fingerprint density at radius 3 is 2.32 bits per heavy atom. The van der Waals surface area contributed by atoms with Gasteiger partial charge in [-0.3, -0.25) is 19.4 Å². The lowest BCUT2D eigenvalue weighted by molar-refractivity contribution is -0.160. The van der Waals surface area contributed by atoms with Crippen molar-refractivity contribution in [3.63, 3.8) is 0 Å². The molecule has 3 aromatic carbocycles. The average Bonchev–Trinajstić information content (AvgIpc) is 3.98. The standard InChI is InChI=1S/C43H58N4O12.C14H16N4/c1-21-12-11-13-22(2)42(55)45-33-28(20-44-47-17-15-46(9)16-18-47)37(52)30-31(38(33)53)36(51)26(6)40-32(30)41(54)43(8,59-40)57-19-14-29(56-10)23(3)39(58-27(7)48)25(5)35(50)24(4)34(21)49;1-9(2)7-18-8-16-12-13(18)10-5-3-4-6-11(10)17-14(12)15/h11-14,19-21,23-25,29,34-35,39,49-53H,15-18H2,1-10H3,(H,45,55);3-6,8-9H,7H2,1-2H3,(H2,15,17)/b12-11+,19-14+,22-13+,44-20+;/t21-,23-,24+,25?,29?,34-,35+,39+,43-;/m0./s1. The molecule has 20 heteroatoms. The van der Waals surface area contributed by atoms with E-state index in [9.17, 15) is 39.9 Å². The molecule has 9 atom stereocenters. The number of hydrogen-bond donors (Lipinski definition) is 7. The molecule has 8 N–H and O–H groups in total. The number of likely N-dealkylation sites (N-methyl/N-ethyl adjacent to an activating group) is 1. The van der Waals surface area contributed by atoms with Gasteiger partial charge >= 0.3 is 11.8 Å². The number of methoxy groups -OCH3 is 1. The van der Waals surface area contributed by atoms with Crippen LogP contribution in [-0.2, 0) is 30.3 Å². The minimum Gasteiger partial charge on any atom is -0.507 e. The van der Waals surface area contributed by atoms with Crippen LogP contribution in [0.5, 0.6) is 23.0 Å². The van der Waals surface area contributed by atoms with Gasteiger partial charge in [0.25, 0.3) is 11.7 Å². The molecule has 2 aromatic heterocycles. The van der Waals surface area contributed by atoms with Crippen LogP contribution in [0.4, 0.5) is 11.5 Å². The number of ether oxygens (including phenoxy) is 4. The van der Waals surface area contributed by atoms with Crippen LogP contribution in [0, 0.1) is 36.5 Å². The fraction of sp³-hybridized carbons (Fsp3) is 0.474. The number of nitrogens with two attached hydrogens (primary N) is 1. The Balaban J connectivity index is 0.000000398.